The molecule has 5 nitrogen and oxygen atoms in total. The van der Waals surface area contributed by atoms with E-state index in [4.69, 9.17) is 21.4 Å². The number of nitrogens with one attached hydrogen (secondary N) is 1. The molecule has 2 N–H and O–H groups in total. The second kappa shape index (κ2) is 6.98. The van der Waals surface area contributed by atoms with Crippen molar-refractivity contribution in [3.63, 3.8) is 0 Å². The normalized spacial score (nSPS) is 19.7. The van der Waals surface area contributed by atoms with Crippen LogP contribution in [0.2, 0.25) is 5.02 Å². The lowest BCUT2D eigenvalue weighted by Crippen LogP contribution is -2.45. The van der Waals surface area contributed by atoms with Crippen LogP contribution < -0.4 is 10.1 Å². The number of amides is 1. The highest BCUT2D eigenvalue weighted by molar-refractivity contribution is 6.32. The van der Waals surface area contributed by atoms with Gasteiger partial charge < -0.3 is 15.2 Å². The maximum absolute atomic E-state index is 12.2. The lowest BCUT2D eigenvalue weighted by atomic mass is 9.81. The van der Waals surface area contributed by atoms with Gasteiger partial charge in [0.25, 0.3) is 5.91 Å². The molecule has 0 radical (unpaired) electrons. The number of aliphatic hydroxyl groups is 1. The molecule has 23 heavy (non-hydrogen) atoms. The molecular weight excluding hydrogens is 316 g/mol. The number of hydrogen-bond donors (Lipinski definition) is 2. The minimum atomic E-state index is -0.163. The molecule has 1 aromatic heterocycles. The molecule has 3 rings (SSSR count). The van der Waals surface area contributed by atoms with Crippen molar-refractivity contribution in [3.8, 4) is 11.5 Å². The van der Waals surface area contributed by atoms with E-state index in [0.717, 1.165) is 12.8 Å². The molecule has 6 heteroatoms. The third-order valence-electron chi connectivity index (χ3n) is 3.90. The van der Waals surface area contributed by atoms with Crippen molar-refractivity contribution in [2.45, 2.75) is 18.9 Å². The molecule has 0 unspecified atom stereocenters. The average molecular weight is 333 g/mol. The van der Waals surface area contributed by atoms with Crippen LogP contribution in [0.5, 0.6) is 11.5 Å². The summed E-state index contributed by atoms with van der Waals surface area (Å²) in [5.74, 6) is 1.26. The van der Waals surface area contributed by atoms with Gasteiger partial charge >= 0.3 is 0 Å². The zero-order valence-corrected chi connectivity index (χ0v) is 13.2. The Labute approximate surface area is 139 Å². The Bertz CT molecular complexity index is 687. The fourth-order valence-electron chi connectivity index (χ4n) is 2.53. The molecule has 1 aliphatic carbocycles. The Morgan fingerprint density at radius 1 is 1.30 bits per heavy atom. The third kappa shape index (κ3) is 3.81. The monoisotopic (exact) mass is 332 g/mol. The molecule has 120 valence electrons. The van der Waals surface area contributed by atoms with Crippen molar-refractivity contribution in [2.75, 3.05) is 6.61 Å². The fourth-order valence-corrected chi connectivity index (χ4v) is 2.75. The molecule has 1 aromatic carbocycles. The van der Waals surface area contributed by atoms with Gasteiger partial charge in [0, 0.05) is 30.6 Å². The van der Waals surface area contributed by atoms with Crippen molar-refractivity contribution in [3.05, 3.63) is 53.3 Å². The van der Waals surface area contributed by atoms with Crippen LogP contribution in [0.25, 0.3) is 0 Å². The number of carbonyl (C=O) groups is 1. The molecule has 0 spiro atoms. The van der Waals surface area contributed by atoms with E-state index in [-0.39, 0.29) is 18.6 Å². The Balaban J connectivity index is 1.63. The molecule has 0 atom stereocenters. The van der Waals surface area contributed by atoms with Crippen molar-refractivity contribution >= 4 is 17.5 Å². The van der Waals surface area contributed by atoms with Crippen LogP contribution in [-0.2, 0) is 0 Å². The molecule has 0 aliphatic heterocycles. The minimum Gasteiger partial charge on any atom is -0.456 e. The lowest BCUT2D eigenvalue weighted by Gasteiger charge is -2.34. The van der Waals surface area contributed by atoms with E-state index in [0.29, 0.717) is 28.0 Å². The quantitative estimate of drug-likeness (QED) is 0.883. The third-order valence-corrected chi connectivity index (χ3v) is 4.20. The molecule has 1 heterocycles. The highest BCUT2D eigenvalue weighted by Crippen LogP contribution is 2.30. The molecule has 1 fully saturated rings. The summed E-state index contributed by atoms with van der Waals surface area (Å²) in [4.78, 5) is 16.1. The Hall–Kier alpha value is -2.11. The van der Waals surface area contributed by atoms with Crippen molar-refractivity contribution < 1.29 is 14.6 Å². The van der Waals surface area contributed by atoms with Crippen molar-refractivity contribution in [1.29, 1.82) is 0 Å². The molecule has 0 bridgehead atoms. The number of aliphatic hydroxyl groups excluding tert-OH is 1. The lowest BCUT2D eigenvalue weighted by molar-refractivity contribution is 0.0832. The highest BCUT2D eigenvalue weighted by atomic mass is 35.5. The average Bonchev–Trinajstić information content (AvgIpc) is 2.53. The minimum absolute atomic E-state index is 0.131. The van der Waals surface area contributed by atoms with Gasteiger partial charge in [-0.2, -0.15) is 0 Å². The van der Waals surface area contributed by atoms with Gasteiger partial charge in [0.1, 0.15) is 11.5 Å². The zero-order chi connectivity index (χ0) is 16.2. The maximum atomic E-state index is 12.2. The summed E-state index contributed by atoms with van der Waals surface area (Å²) >= 11 is 6.20. The SMILES string of the molecule is O=C(NC1CC(CO)C1)c1ccc(Oc2ccncc2)c(Cl)c1. The molecule has 1 amide bonds. The van der Waals surface area contributed by atoms with Gasteiger partial charge in [0.2, 0.25) is 0 Å². The van der Waals surface area contributed by atoms with Gasteiger partial charge in [-0.1, -0.05) is 11.6 Å². The van der Waals surface area contributed by atoms with Gasteiger partial charge in [-0.05, 0) is 49.1 Å². The van der Waals surface area contributed by atoms with E-state index in [1.54, 1.807) is 42.7 Å². The van der Waals surface area contributed by atoms with E-state index < -0.39 is 0 Å². The first-order valence-corrected chi connectivity index (χ1v) is 7.82. The van der Waals surface area contributed by atoms with E-state index in [1.165, 1.54) is 0 Å². The standard InChI is InChI=1S/C17H17ClN2O3/c18-15-9-12(17(22)20-13-7-11(8-13)10-21)1-2-16(15)23-14-3-5-19-6-4-14/h1-6,9,11,13,21H,7-8,10H2,(H,20,22). The molecule has 1 aliphatic rings. The fraction of sp³-hybridized carbons (Fsp3) is 0.294. The zero-order valence-electron chi connectivity index (χ0n) is 12.4. The largest absolute Gasteiger partial charge is 0.456 e. The first-order chi connectivity index (χ1) is 11.2. The van der Waals surface area contributed by atoms with Crippen LogP contribution in [0.4, 0.5) is 0 Å². The van der Waals surface area contributed by atoms with Crippen LogP contribution in [-0.4, -0.2) is 28.6 Å². The van der Waals surface area contributed by atoms with Crippen LogP contribution in [0.15, 0.2) is 42.7 Å². The highest BCUT2D eigenvalue weighted by Gasteiger charge is 2.29. The number of aromatic nitrogens is 1. The second-order valence-corrected chi connectivity index (χ2v) is 6.03. The predicted molar refractivity (Wildman–Crippen MR) is 86.8 cm³/mol. The summed E-state index contributed by atoms with van der Waals surface area (Å²) in [6, 6.07) is 8.53. The molecule has 1 saturated carbocycles. The van der Waals surface area contributed by atoms with Crippen LogP contribution in [0, 0.1) is 5.92 Å². The second-order valence-electron chi connectivity index (χ2n) is 5.62. The topological polar surface area (TPSA) is 71.5 Å². The van der Waals surface area contributed by atoms with Crippen molar-refractivity contribution in [1.82, 2.24) is 10.3 Å². The number of pyridine rings is 1. The number of benzene rings is 1. The summed E-state index contributed by atoms with van der Waals surface area (Å²) in [6.45, 7) is 0.180. The van der Waals surface area contributed by atoms with E-state index >= 15 is 0 Å². The van der Waals surface area contributed by atoms with E-state index in [9.17, 15) is 4.79 Å². The van der Waals surface area contributed by atoms with E-state index in [1.807, 2.05) is 0 Å². The summed E-state index contributed by atoms with van der Waals surface area (Å²) < 4.78 is 5.65. The first-order valence-electron chi connectivity index (χ1n) is 7.45. The Morgan fingerprint density at radius 2 is 2.04 bits per heavy atom. The Morgan fingerprint density at radius 3 is 2.70 bits per heavy atom. The molecular formula is C17H17ClN2O3. The molecule has 2 aromatic rings. The maximum Gasteiger partial charge on any atom is 0.251 e. The van der Waals surface area contributed by atoms with E-state index in [2.05, 4.69) is 10.3 Å². The number of ether oxygens (including phenoxy) is 1. The van der Waals surface area contributed by atoms with Gasteiger partial charge in [0.15, 0.2) is 0 Å². The number of halogens is 1. The van der Waals surface area contributed by atoms with Crippen LogP contribution in [0.3, 0.4) is 0 Å². The number of rotatable bonds is 5. The summed E-state index contributed by atoms with van der Waals surface area (Å²) in [5.41, 5.74) is 0.490. The van der Waals surface area contributed by atoms with Gasteiger partial charge in [-0.3, -0.25) is 9.78 Å². The van der Waals surface area contributed by atoms with Crippen molar-refractivity contribution in [2.24, 2.45) is 5.92 Å². The number of nitrogens with zero attached hydrogens (tertiary/aromatic N) is 1. The summed E-state index contributed by atoms with van der Waals surface area (Å²) in [5, 5.41) is 12.3. The smallest absolute Gasteiger partial charge is 0.251 e. The molecule has 0 saturated heterocycles. The number of carbonyl (C=O) groups excluding carboxylic acids is 1. The first kappa shape index (κ1) is 15.8. The summed E-state index contributed by atoms with van der Waals surface area (Å²) in [6.07, 6.45) is 4.89. The summed E-state index contributed by atoms with van der Waals surface area (Å²) in [7, 11) is 0. The van der Waals surface area contributed by atoms with Gasteiger partial charge in [-0.15, -0.1) is 0 Å². The van der Waals surface area contributed by atoms with Crippen LogP contribution >= 0.6 is 11.6 Å². The van der Waals surface area contributed by atoms with Gasteiger partial charge in [0.05, 0.1) is 5.02 Å². The van der Waals surface area contributed by atoms with Gasteiger partial charge in [-0.25, -0.2) is 0 Å². The predicted octanol–water partition coefficient (Wildman–Crippen LogP) is 3.03. The van der Waals surface area contributed by atoms with Crippen LogP contribution in [0.1, 0.15) is 23.2 Å². The Kier molecular flexibility index (Phi) is 4.79. The number of hydrogen-bond acceptors (Lipinski definition) is 4.